The Labute approximate surface area is 195 Å². The maximum Gasteiger partial charge on any atom is 0.407 e. The number of amides is 1. The fourth-order valence-electron chi connectivity index (χ4n) is 4.88. The number of hydrogen-bond acceptors (Lipinski definition) is 5. The summed E-state index contributed by atoms with van der Waals surface area (Å²) in [5.41, 5.74) is 10.8. The number of esters is 1. The van der Waals surface area contributed by atoms with Crippen LogP contribution in [0.5, 0.6) is 0 Å². The van der Waals surface area contributed by atoms with Crippen molar-refractivity contribution in [2.45, 2.75) is 69.4 Å². The van der Waals surface area contributed by atoms with Crippen LogP contribution in [0.15, 0.2) is 48.5 Å². The van der Waals surface area contributed by atoms with Crippen molar-refractivity contribution in [3.05, 3.63) is 59.7 Å². The third-order valence-electron chi connectivity index (χ3n) is 6.69. The average Bonchev–Trinajstić information content (AvgIpc) is 3.16. The molecule has 1 atom stereocenters. The van der Waals surface area contributed by atoms with Gasteiger partial charge in [0.1, 0.15) is 18.8 Å². The molecule has 0 aromatic heterocycles. The molecule has 2 aliphatic rings. The minimum Gasteiger partial charge on any atom is -0.461 e. The van der Waals surface area contributed by atoms with Gasteiger partial charge in [-0.1, -0.05) is 55.0 Å². The Morgan fingerprint density at radius 1 is 0.939 bits per heavy atom. The van der Waals surface area contributed by atoms with Gasteiger partial charge in [0.25, 0.3) is 0 Å². The van der Waals surface area contributed by atoms with E-state index < -0.39 is 12.1 Å². The van der Waals surface area contributed by atoms with Crippen molar-refractivity contribution in [2.75, 3.05) is 13.2 Å². The first kappa shape index (κ1) is 23.3. The summed E-state index contributed by atoms with van der Waals surface area (Å²) < 4.78 is 11.1. The average molecular weight is 451 g/mol. The van der Waals surface area contributed by atoms with E-state index in [9.17, 15) is 9.59 Å². The van der Waals surface area contributed by atoms with Crippen molar-refractivity contribution in [2.24, 2.45) is 5.73 Å². The predicted octanol–water partition coefficient (Wildman–Crippen LogP) is 4.90. The fourth-order valence-corrected chi connectivity index (χ4v) is 4.88. The normalized spacial score (nSPS) is 16.5. The number of nitrogens with two attached hydrogens (primary N) is 1. The summed E-state index contributed by atoms with van der Waals surface area (Å²) in [6.07, 6.45) is 6.99. The second kappa shape index (κ2) is 11.3. The lowest BCUT2D eigenvalue weighted by Gasteiger charge is -2.23. The summed E-state index contributed by atoms with van der Waals surface area (Å²) in [6, 6.07) is 15.9. The van der Waals surface area contributed by atoms with E-state index in [0.717, 1.165) is 38.5 Å². The standard InChI is InChI=1S/C27H34N2O4/c28-25(26(30)33-19-10-2-1-3-11-19)16-8-9-17-29-27(31)32-18-24-22-14-6-4-12-20(22)21-13-5-7-15-23(21)24/h4-7,12-15,19,24-25H,1-3,8-11,16-18,28H2,(H,29,31)/t25-/m0/s1. The number of nitrogens with one attached hydrogen (secondary N) is 1. The zero-order valence-corrected chi connectivity index (χ0v) is 19.1. The summed E-state index contributed by atoms with van der Waals surface area (Å²) in [5, 5.41) is 2.81. The molecule has 33 heavy (non-hydrogen) atoms. The van der Waals surface area contributed by atoms with Gasteiger partial charge in [-0.15, -0.1) is 0 Å². The number of benzene rings is 2. The maximum absolute atomic E-state index is 12.2. The molecule has 0 saturated heterocycles. The Balaban J connectivity index is 1.14. The molecule has 4 rings (SSSR count). The molecule has 6 heteroatoms. The largest absolute Gasteiger partial charge is 0.461 e. The molecular weight excluding hydrogens is 416 g/mol. The molecule has 2 aromatic carbocycles. The highest BCUT2D eigenvalue weighted by molar-refractivity contribution is 5.79. The number of alkyl carbamates (subject to hydrolysis) is 1. The quantitative estimate of drug-likeness (QED) is 0.419. The zero-order chi connectivity index (χ0) is 23.0. The van der Waals surface area contributed by atoms with Crippen LogP contribution in [-0.4, -0.2) is 37.4 Å². The second-order valence-electron chi connectivity index (χ2n) is 9.05. The summed E-state index contributed by atoms with van der Waals surface area (Å²) in [4.78, 5) is 24.4. The summed E-state index contributed by atoms with van der Waals surface area (Å²) in [5.74, 6) is -0.247. The van der Waals surface area contributed by atoms with Crippen LogP contribution in [0.2, 0.25) is 0 Å². The first-order valence-corrected chi connectivity index (χ1v) is 12.2. The third kappa shape index (κ3) is 5.93. The summed E-state index contributed by atoms with van der Waals surface area (Å²) in [7, 11) is 0. The highest BCUT2D eigenvalue weighted by atomic mass is 16.6. The summed E-state index contributed by atoms with van der Waals surface area (Å²) >= 11 is 0. The molecule has 0 aliphatic heterocycles. The molecule has 0 spiro atoms. The highest BCUT2D eigenvalue weighted by Gasteiger charge is 2.29. The zero-order valence-electron chi connectivity index (χ0n) is 19.1. The number of carbonyl (C=O) groups excluding carboxylic acids is 2. The van der Waals surface area contributed by atoms with Gasteiger partial charge in [0.15, 0.2) is 0 Å². The number of carbonyl (C=O) groups is 2. The van der Waals surface area contributed by atoms with Crippen LogP contribution in [0.25, 0.3) is 11.1 Å². The molecule has 0 radical (unpaired) electrons. The van der Waals surface area contributed by atoms with Crippen molar-refractivity contribution in [1.29, 1.82) is 0 Å². The van der Waals surface area contributed by atoms with E-state index in [1.807, 2.05) is 24.3 Å². The van der Waals surface area contributed by atoms with Gasteiger partial charge < -0.3 is 20.5 Å². The number of hydrogen-bond donors (Lipinski definition) is 2. The van der Waals surface area contributed by atoms with Crippen molar-refractivity contribution < 1.29 is 19.1 Å². The van der Waals surface area contributed by atoms with Gasteiger partial charge in [-0.25, -0.2) is 4.79 Å². The number of rotatable bonds is 9. The number of fused-ring (bicyclic) bond motifs is 3. The molecule has 0 bridgehead atoms. The fraction of sp³-hybridized carbons (Fsp3) is 0.481. The number of ether oxygens (including phenoxy) is 2. The Bertz CT molecular complexity index is 909. The molecule has 6 nitrogen and oxygen atoms in total. The molecule has 2 aliphatic carbocycles. The van der Waals surface area contributed by atoms with Gasteiger partial charge in [-0.2, -0.15) is 0 Å². The monoisotopic (exact) mass is 450 g/mol. The van der Waals surface area contributed by atoms with Gasteiger partial charge in [-0.3, -0.25) is 4.79 Å². The van der Waals surface area contributed by atoms with Crippen molar-refractivity contribution >= 4 is 12.1 Å². The minimum absolute atomic E-state index is 0.0348. The Morgan fingerprint density at radius 3 is 2.24 bits per heavy atom. The van der Waals surface area contributed by atoms with Crippen LogP contribution in [0, 0.1) is 0 Å². The topological polar surface area (TPSA) is 90.6 Å². The van der Waals surface area contributed by atoms with Crippen LogP contribution < -0.4 is 11.1 Å². The lowest BCUT2D eigenvalue weighted by Crippen LogP contribution is -2.35. The Hall–Kier alpha value is -2.86. The lowest BCUT2D eigenvalue weighted by molar-refractivity contribution is -0.152. The van der Waals surface area contributed by atoms with E-state index in [2.05, 4.69) is 29.6 Å². The van der Waals surface area contributed by atoms with Gasteiger partial charge >= 0.3 is 12.1 Å². The van der Waals surface area contributed by atoms with Crippen LogP contribution in [0.4, 0.5) is 4.79 Å². The van der Waals surface area contributed by atoms with Gasteiger partial charge in [-0.05, 0) is 67.2 Å². The van der Waals surface area contributed by atoms with E-state index in [0.29, 0.717) is 19.6 Å². The molecule has 0 unspecified atom stereocenters. The van der Waals surface area contributed by atoms with E-state index in [-0.39, 0.29) is 18.0 Å². The Morgan fingerprint density at radius 2 is 1.58 bits per heavy atom. The van der Waals surface area contributed by atoms with Crippen molar-refractivity contribution in [3.8, 4) is 11.1 Å². The second-order valence-corrected chi connectivity index (χ2v) is 9.05. The van der Waals surface area contributed by atoms with Gasteiger partial charge in [0.05, 0.1) is 0 Å². The predicted molar refractivity (Wildman–Crippen MR) is 128 cm³/mol. The van der Waals surface area contributed by atoms with E-state index in [1.165, 1.54) is 28.7 Å². The van der Waals surface area contributed by atoms with E-state index in [4.69, 9.17) is 15.2 Å². The van der Waals surface area contributed by atoms with Crippen molar-refractivity contribution in [3.63, 3.8) is 0 Å². The Kier molecular flexibility index (Phi) is 8.00. The van der Waals surface area contributed by atoms with E-state index >= 15 is 0 Å². The smallest absolute Gasteiger partial charge is 0.407 e. The van der Waals surface area contributed by atoms with Crippen LogP contribution in [0.3, 0.4) is 0 Å². The first-order valence-electron chi connectivity index (χ1n) is 12.2. The minimum atomic E-state index is -0.596. The molecule has 1 saturated carbocycles. The molecular formula is C27H34N2O4. The van der Waals surface area contributed by atoms with Gasteiger partial charge in [0, 0.05) is 12.5 Å². The summed E-state index contributed by atoms with van der Waals surface area (Å²) in [6.45, 7) is 0.790. The van der Waals surface area contributed by atoms with Crippen LogP contribution in [0.1, 0.15) is 68.4 Å². The maximum atomic E-state index is 12.2. The molecule has 0 heterocycles. The van der Waals surface area contributed by atoms with Crippen LogP contribution in [-0.2, 0) is 14.3 Å². The number of unbranched alkanes of at least 4 members (excludes halogenated alkanes) is 1. The van der Waals surface area contributed by atoms with Crippen molar-refractivity contribution in [1.82, 2.24) is 5.32 Å². The molecule has 1 amide bonds. The van der Waals surface area contributed by atoms with Gasteiger partial charge in [0.2, 0.25) is 0 Å². The van der Waals surface area contributed by atoms with E-state index in [1.54, 1.807) is 0 Å². The molecule has 3 N–H and O–H groups in total. The van der Waals surface area contributed by atoms with Crippen LogP contribution >= 0.6 is 0 Å². The molecule has 1 fully saturated rings. The molecule has 176 valence electrons. The highest BCUT2D eigenvalue weighted by Crippen LogP contribution is 2.44. The molecule has 2 aromatic rings. The third-order valence-corrected chi connectivity index (χ3v) is 6.69. The first-order chi connectivity index (χ1) is 16.1. The SMILES string of the molecule is N[C@@H](CCCCNC(=O)OCC1c2ccccc2-c2ccccc21)C(=O)OC1CCCCC1. The lowest BCUT2D eigenvalue weighted by atomic mass is 9.98.